The molecule has 2 aromatic carbocycles. The molecule has 2 aromatic heterocycles. The van der Waals surface area contributed by atoms with Crippen LogP contribution in [0.3, 0.4) is 0 Å². The first-order valence-corrected chi connectivity index (χ1v) is 13.5. The van der Waals surface area contributed by atoms with E-state index >= 15 is 0 Å². The molecule has 190 valence electrons. The van der Waals surface area contributed by atoms with E-state index < -0.39 is 7.52 Å². The molecular weight excluding hydrogens is 479 g/mol. The molecule has 0 fully saturated rings. The second-order valence-electron chi connectivity index (χ2n) is 8.54. The lowest BCUT2D eigenvalue weighted by molar-refractivity contribution is 0.0800. The van der Waals surface area contributed by atoms with Gasteiger partial charge in [0.1, 0.15) is 23.9 Å². The Morgan fingerprint density at radius 1 is 1.03 bits per heavy atom. The first-order chi connectivity index (χ1) is 17.4. The Labute approximate surface area is 210 Å². The zero-order valence-corrected chi connectivity index (χ0v) is 21.3. The Kier molecular flexibility index (Phi) is 8.66. The summed E-state index contributed by atoms with van der Waals surface area (Å²) in [4.78, 5) is 12.5. The number of nitrogens with two attached hydrogens (primary N) is 1. The molecule has 0 aliphatic rings. The maximum Gasteiger partial charge on any atom is 0.342 e. The van der Waals surface area contributed by atoms with E-state index in [9.17, 15) is 4.57 Å². The van der Waals surface area contributed by atoms with Crippen LogP contribution >= 0.6 is 7.52 Å². The molecule has 0 bridgehead atoms. The standard InChI is InChI=1S/C25H31N6O4P/c1-19(14-33-15-21-9-5-3-6-10-21)30-36(32,35-22-11-7-4-8-12-22)18-34-20(2)13-31-17-29-23-24(26)27-16-28-25(23)31/h3-12,16-17,19-20H,13-15,18H2,1-2H3,(H,30,32)(H2,26,27,28)/t19-,20+,36+/m0/s1. The van der Waals surface area contributed by atoms with Gasteiger partial charge in [-0.1, -0.05) is 48.5 Å². The van der Waals surface area contributed by atoms with Crippen LogP contribution in [0.15, 0.2) is 73.3 Å². The fourth-order valence-corrected chi connectivity index (χ4v) is 5.47. The highest BCUT2D eigenvalue weighted by atomic mass is 31.2. The van der Waals surface area contributed by atoms with Crippen molar-refractivity contribution >= 4 is 24.5 Å². The van der Waals surface area contributed by atoms with Crippen molar-refractivity contribution in [1.82, 2.24) is 24.6 Å². The number of nitrogens with one attached hydrogen (secondary N) is 1. The lowest BCUT2D eigenvalue weighted by Crippen LogP contribution is -2.32. The molecule has 3 atom stereocenters. The number of rotatable bonds is 13. The Balaban J connectivity index is 1.37. The molecule has 0 spiro atoms. The summed E-state index contributed by atoms with van der Waals surface area (Å²) in [5, 5.41) is 3.11. The van der Waals surface area contributed by atoms with Gasteiger partial charge in [-0.2, -0.15) is 0 Å². The lowest BCUT2D eigenvalue weighted by Gasteiger charge is -2.25. The third-order valence-corrected chi connectivity index (χ3v) is 7.13. The minimum atomic E-state index is -3.43. The predicted octanol–water partition coefficient (Wildman–Crippen LogP) is 4.24. The molecule has 4 aromatic rings. The molecular formula is C25H31N6O4P. The monoisotopic (exact) mass is 510 g/mol. The highest BCUT2D eigenvalue weighted by molar-refractivity contribution is 7.57. The second kappa shape index (κ2) is 12.1. The van der Waals surface area contributed by atoms with Crippen molar-refractivity contribution in [3.8, 4) is 5.75 Å². The van der Waals surface area contributed by atoms with Gasteiger partial charge in [-0.15, -0.1) is 0 Å². The van der Waals surface area contributed by atoms with Crippen LogP contribution in [0.4, 0.5) is 5.82 Å². The molecule has 2 heterocycles. The van der Waals surface area contributed by atoms with Gasteiger partial charge >= 0.3 is 7.52 Å². The Bertz CT molecular complexity index is 1290. The molecule has 0 saturated carbocycles. The number of fused-ring (bicyclic) bond motifs is 1. The summed E-state index contributed by atoms with van der Waals surface area (Å²) in [5.41, 5.74) is 8.10. The zero-order valence-electron chi connectivity index (χ0n) is 20.4. The average molecular weight is 511 g/mol. The third-order valence-electron chi connectivity index (χ3n) is 5.30. The van der Waals surface area contributed by atoms with Crippen LogP contribution in [0, 0.1) is 0 Å². The number of hydrogen-bond donors (Lipinski definition) is 2. The number of nitrogen functional groups attached to an aromatic ring is 1. The number of ether oxygens (including phenoxy) is 2. The molecule has 0 aliphatic heterocycles. The topological polar surface area (TPSA) is 126 Å². The summed E-state index contributed by atoms with van der Waals surface area (Å²) in [7, 11) is -3.43. The number of aromatic nitrogens is 4. The van der Waals surface area contributed by atoms with Gasteiger partial charge in [0.25, 0.3) is 0 Å². The van der Waals surface area contributed by atoms with E-state index in [1.807, 2.05) is 66.9 Å². The van der Waals surface area contributed by atoms with Gasteiger partial charge < -0.3 is 24.3 Å². The summed E-state index contributed by atoms with van der Waals surface area (Å²) >= 11 is 0. The molecule has 10 nitrogen and oxygen atoms in total. The van der Waals surface area contributed by atoms with Gasteiger partial charge in [0.2, 0.25) is 0 Å². The highest BCUT2D eigenvalue weighted by Gasteiger charge is 2.29. The average Bonchev–Trinajstić information content (AvgIpc) is 3.28. The molecule has 36 heavy (non-hydrogen) atoms. The predicted molar refractivity (Wildman–Crippen MR) is 139 cm³/mol. The van der Waals surface area contributed by atoms with Crippen LogP contribution in [0.5, 0.6) is 5.75 Å². The third kappa shape index (κ3) is 7.11. The fraction of sp³-hybridized carbons (Fsp3) is 0.320. The fourth-order valence-electron chi connectivity index (χ4n) is 3.63. The minimum Gasteiger partial charge on any atom is -0.431 e. The molecule has 3 N–H and O–H groups in total. The largest absolute Gasteiger partial charge is 0.431 e. The molecule has 11 heteroatoms. The summed E-state index contributed by atoms with van der Waals surface area (Å²) in [5.74, 6) is 0.815. The van der Waals surface area contributed by atoms with E-state index in [1.165, 1.54) is 6.33 Å². The number of benzene rings is 2. The van der Waals surface area contributed by atoms with Crippen molar-refractivity contribution in [2.24, 2.45) is 0 Å². The Morgan fingerprint density at radius 2 is 1.75 bits per heavy atom. The van der Waals surface area contributed by atoms with Crippen LogP contribution < -0.4 is 15.3 Å². The van der Waals surface area contributed by atoms with Gasteiger partial charge in [-0.05, 0) is 31.5 Å². The first kappa shape index (κ1) is 25.8. The van der Waals surface area contributed by atoms with E-state index in [4.69, 9.17) is 19.7 Å². The van der Waals surface area contributed by atoms with Crippen molar-refractivity contribution in [2.75, 3.05) is 18.7 Å². The maximum atomic E-state index is 13.8. The van der Waals surface area contributed by atoms with Crippen LogP contribution in [0.25, 0.3) is 11.2 Å². The van der Waals surface area contributed by atoms with Crippen molar-refractivity contribution in [3.63, 3.8) is 0 Å². The van der Waals surface area contributed by atoms with Crippen molar-refractivity contribution < 1.29 is 18.6 Å². The van der Waals surface area contributed by atoms with Crippen LogP contribution in [-0.2, 0) is 27.2 Å². The van der Waals surface area contributed by atoms with E-state index in [0.717, 1.165) is 5.56 Å². The van der Waals surface area contributed by atoms with Gasteiger partial charge in [0, 0.05) is 6.04 Å². The van der Waals surface area contributed by atoms with Crippen LogP contribution in [0.1, 0.15) is 19.4 Å². The van der Waals surface area contributed by atoms with Gasteiger partial charge in [-0.3, -0.25) is 4.57 Å². The van der Waals surface area contributed by atoms with E-state index in [-0.39, 0.29) is 18.5 Å². The Hall–Kier alpha value is -3.30. The zero-order chi connectivity index (χ0) is 25.4. The first-order valence-electron chi connectivity index (χ1n) is 11.7. The summed E-state index contributed by atoms with van der Waals surface area (Å²) in [6.07, 6.45) is 2.60. The van der Waals surface area contributed by atoms with E-state index in [1.54, 1.807) is 18.5 Å². The van der Waals surface area contributed by atoms with Crippen LogP contribution in [-0.4, -0.2) is 44.6 Å². The second-order valence-corrected chi connectivity index (χ2v) is 10.6. The smallest absolute Gasteiger partial charge is 0.342 e. The normalized spacial score (nSPS) is 14.8. The molecule has 0 unspecified atom stereocenters. The summed E-state index contributed by atoms with van der Waals surface area (Å²) in [6, 6.07) is 18.7. The minimum absolute atomic E-state index is 0.129. The molecule has 4 rings (SSSR count). The van der Waals surface area contributed by atoms with E-state index in [0.29, 0.717) is 42.5 Å². The molecule has 0 saturated heterocycles. The quantitative estimate of drug-likeness (QED) is 0.254. The van der Waals surface area contributed by atoms with Gasteiger partial charge in [0.05, 0.1) is 32.2 Å². The summed E-state index contributed by atoms with van der Waals surface area (Å²) in [6.45, 7) is 5.05. The van der Waals surface area contributed by atoms with E-state index in [2.05, 4.69) is 20.0 Å². The van der Waals surface area contributed by atoms with Crippen molar-refractivity contribution in [1.29, 1.82) is 0 Å². The number of imidazole rings is 1. The summed E-state index contributed by atoms with van der Waals surface area (Å²) < 4.78 is 33.4. The highest BCUT2D eigenvalue weighted by Crippen LogP contribution is 2.44. The molecule has 0 radical (unpaired) electrons. The molecule has 0 aliphatic carbocycles. The van der Waals surface area contributed by atoms with Crippen LogP contribution in [0.2, 0.25) is 0 Å². The van der Waals surface area contributed by atoms with Crippen molar-refractivity contribution in [3.05, 3.63) is 78.9 Å². The molecule has 0 amide bonds. The number of nitrogens with zero attached hydrogens (tertiary/aromatic N) is 4. The van der Waals surface area contributed by atoms with Gasteiger partial charge in [-0.25, -0.2) is 20.0 Å². The number of anilines is 1. The number of para-hydroxylation sites is 1. The lowest BCUT2D eigenvalue weighted by atomic mass is 10.2. The maximum absolute atomic E-state index is 13.8. The SMILES string of the molecule is C[C@H](Cn1cnc2c(N)ncnc21)OC[P@](=O)(N[C@@H](C)COCc1ccccc1)Oc1ccccc1. The Morgan fingerprint density at radius 3 is 2.50 bits per heavy atom. The van der Waals surface area contributed by atoms with Crippen molar-refractivity contribution in [2.45, 2.75) is 39.1 Å². The van der Waals surface area contributed by atoms with Gasteiger partial charge in [0.15, 0.2) is 11.5 Å². The number of hydrogen-bond acceptors (Lipinski definition) is 8.